The number of piperidine rings is 1. The summed E-state index contributed by atoms with van der Waals surface area (Å²) in [6, 6.07) is 7.22. The van der Waals surface area contributed by atoms with Crippen LogP contribution in [0.1, 0.15) is 29.6 Å². The van der Waals surface area contributed by atoms with Crippen molar-refractivity contribution in [1.82, 2.24) is 19.5 Å². The molecule has 25 heavy (non-hydrogen) atoms. The maximum atomic E-state index is 12.7. The lowest BCUT2D eigenvalue weighted by Crippen LogP contribution is -2.35. The molecule has 1 saturated heterocycles. The van der Waals surface area contributed by atoms with E-state index in [1.54, 1.807) is 23.8 Å². The molecule has 130 valence electrons. The number of pyridine rings is 1. The van der Waals surface area contributed by atoms with Gasteiger partial charge in [0.15, 0.2) is 16.5 Å². The number of rotatable bonds is 3. The van der Waals surface area contributed by atoms with Crippen molar-refractivity contribution < 1.29 is 9.53 Å². The van der Waals surface area contributed by atoms with Crippen LogP contribution in [0.15, 0.2) is 24.3 Å². The molecular weight excluding hydrogens is 338 g/mol. The minimum absolute atomic E-state index is 0.0104. The van der Waals surface area contributed by atoms with E-state index in [0.717, 1.165) is 35.9 Å². The topological polar surface area (TPSA) is 85.8 Å². The number of carbonyl (C=O) groups is 1. The van der Waals surface area contributed by atoms with E-state index in [1.807, 2.05) is 17.0 Å². The molecule has 4 heterocycles. The van der Waals surface area contributed by atoms with Crippen molar-refractivity contribution in [2.75, 3.05) is 25.9 Å². The number of nitrogens with zero attached hydrogens (tertiary/aromatic N) is 4. The van der Waals surface area contributed by atoms with Gasteiger partial charge in [-0.15, -0.1) is 5.10 Å². The van der Waals surface area contributed by atoms with Crippen molar-refractivity contribution in [3.05, 3.63) is 29.8 Å². The molecule has 0 radical (unpaired) electrons. The summed E-state index contributed by atoms with van der Waals surface area (Å²) in [4.78, 5) is 20.0. The van der Waals surface area contributed by atoms with Gasteiger partial charge in [0, 0.05) is 18.7 Å². The first-order valence-electron chi connectivity index (χ1n) is 8.25. The van der Waals surface area contributed by atoms with Gasteiger partial charge >= 0.3 is 0 Å². The molecule has 4 rings (SSSR count). The summed E-state index contributed by atoms with van der Waals surface area (Å²) in [5.41, 5.74) is 7.25. The van der Waals surface area contributed by atoms with Crippen LogP contribution in [0.25, 0.3) is 16.3 Å². The molecule has 0 unspecified atom stereocenters. The third-order valence-corrected chi connectivity index (χ3v) is 5.40. The number of thiophene rings is 1. The first-order valence-corrected chi connectivity index (χ1v) is 9.07. The van der Waals surface area contributed by atoms with E-state index in [9.17, 15) is 4.79 Å². The monoisotopic (exact) mass is 357 g/mol. The van der Waals surface area contributed by atoms with Crippen LogP contribution in [-0.2, 0) is 0 Å². The van der Waals surface area contributed by atoms with E-state index in [2.05, 4.69) is 10.1 Å². The van der Waals surface area contributed by atoms with Gasteiger partial charge in [0.05, 0.1) is 12.0 Å². The number of likely N-dealkylation sites (tertiary alicyclic amines) is 1. The summed E-state index contributed by atoms with van der Waals surface area (Å²) in [6.45, 7) is 1.60. The van der Waals surface area contributed by atoms with Gasteiger partial charge < -0.3 is 15.4 Å². The summed E-state index contributed by atoms with van der Waals surface area (Å²) >= 11 is 1.46. The quantitative estimate of drug-likeness (QED) is 0.779. The summed E-state index contributed by atoms with van der Waals surface area (Å²) in [6.07, 6.45) is 3.29. The molecule has 3 aromatic heterocycles. The van der Waals surface area contributed by atoms with E-state index in [4.69, 9.17) is 10.5 Å². The number of hydrogen-bond acceptors (Lipinski definition) is 6. The Balaban J connectivity index is 1.70. The summed E-state index contributed by atoms with van der Waals surface area (Å²) in [5, 5.41) is 5.25. The average Bonchev–Trinajstić information content (AvgIpc) is 3.28. The van der Waals surface area contributed by atoms with Gasteiger partial charge in [-0.25, -0.2) is 4.98 Å². The number of nitrogens with two attached hydrogens (primary N) is 1. The molecule has 1 aliphatic rings. The second kappa shape index (κ2) is 6.36. The van der Waals surface area contributed by atoms with Crippen LogP contribution in [-0.4, -0.2) is 45.6 Å². The Labute approximate surface area is 149 Å². The largest absolute Gasteiger partial charge is 0.487 e. The number of aromatic nitrogens is 3. The van der Waals surface area contributed by atoms with Crippen molar-refractivity contribution in [3.8, 4) is 15.8 Å². The van der Waals surface area contributed by atoms with Gasteiger partial charge in [0.1, 0.15) is 5.82 Å². The predicted octanol–water partition coefficient (Wildman–Crippen LogP) is 2.67. The van der Waals surface area contributed by atoms with Crippen LogP contribution in [0.4, 0.5) is 5.82 Å². The number of nitrogen functional groups attached to an aromatic ring is 1. The van der Waals surface area contributed by atoms with E-state index in [0.29, 0.717) is 22.9 Å². The second-order valence-corrected chi connectivity index (χ2v) is 7.10. The Morgan fingerprint density at radius 3 is 2.76 bits per heavy atom. The lowest BCUT2D eigenvalue weighted by Gasteiger charge is -2.26. The van der Waals surface area contributed by atoms with E-state index in [-0.39, 0.29) is 5.91 Å². The zero-order valence-corrected chi connectivity index (χ0v) is 14.8. The number of hydrogen-bond donors (Lipinski definition) is 1. The number of methoxy groups -OCH3 is 1. The zero-order valence-electron chi connectivity index (χ0n) is 13.9. The van der Waals surface area contributed by atoms with Crippen LogP contribution >= 0.6 is 11.3 Å². The van der Waals surface area contributed by atoms with Crippen LogP contribution in [0.3, 0.4) is 0 Å². The fourth-order valence-electron chi connectivity index (χ4n) is 3.07. The molecule has 1 aliphatic heterocycles. The normalized spacial score (nSPS) is 14.8. The first-order chi connectivity index (χ1) is 12.2. The van der Waals surface area contributed by atoms with E-state index < -0.39 is 0 Å². The van der Waals surface area contributed by atoms with Crippen LogP contribution in [0.2, 0.25) is 0 Å². The highest BCUT2D eigenvalue weighted by atomic mass is 32.1. The SMILES string of the molecule is COc1ccc(-c2nc3cc(C(=O)N4CCCCC4)cc(N)n3n2)s1. The molecule has 7 nitrogen and oxygen atoms in total. The molecule has 3 aromatic rings. The lowest BCUT2D eigenvalue weighted by molar-refractivity contribution is 0.0724. The summed E-state index contributed by atoms with van der Waals surface area (Å²) in [7, 11) is 1.63. The Morgan fingerprint density at radius 2 is 2.04 bits per heavy atom. The van der Waals surface area contributed by atoms with E-state index in [1.165, 1.54) is 17.8 Å². The van der Waals surface area contributed by atoms with Crippen LogP contribution in [0.5, 0.6) is 5.06 Å². The van der Waals surface area contributed by atoms with Gasteiger partial charge in [0.25, 0.3) is 5.91 Å². The smallest absolute Gasteiger partial charge is 0.254 e. The van der Waals surface area contributed by atoms with Crippen LogP contribution in [0, 0.1) is 0 Å². The Hall–Kier alpha value is -2.61. The molecule has 0 aliphatic carbocycles. The molecule has 0 atom stereocenters. The highest BCUT2D eigenvalue weighted by Gasteiger charge is 2.20. The lowest BCUT2D eigenvalue weighted by atomic mass is 10.1. The number of fused-ring (bicyclic) bond motifs is 1. The standard InChI is InChI=1S/C17H19N5O2S/c1-24-15-6-5-12(25-15)16-19-14-10-11(9-13(18)22(14)20-16)17(23)21-7-3-2-4-8-21/h5-6,9-10H,2-4,7-8,18H2,1H3. The van der Waals surface area contributed by atoms with Gasteiger partial charge in [-0.2, -0.15) is 4.52 Å². The minimum Gasteiger partial charge on any atom is -0.487 e. The van der Waals surface area contributed by atoms with Gasteiger partial charge in [-0.05, 0) is 43.5 Å². The summed E-state index contributed by atoms with van der Waals surface area (Å²) in [5.74, 6) is 0.985. The molecule has 0 aromatic carbocycles. The Bertz CT molecular complexity index is 926. The molecule has 0 bridgehead atoms. The highest BCUT2D eigenvalue weighted by molar-refractivity contribution is 7.17. The number of ether oxygens (including phenoxy) is 1. The van der Waals surface area contributed by atoms with Gasteiger partial charge in [-0.3, -0.25) is 4.79 Å². The fourth-order valence-corrected chi connectivity index (χ4v) is 3.82. The second-order valence-electron chi connectivity index (χ2n) is 6.05. The molecule has 1 amide bonds. The minimum atomic E-state index is 0.0104. The molecule has 0 saturated carbocycles. The predicted molar refractivity (Wildman–Crippen MR) is 97.0 cm³/mol. The summed E-state index contributed by atoms with van der Waals surface area (Å²) < 4.78 is 6.78. The first kappa shape index (κ1) is 15.9. The number of amides is 1. The van der Waals surface area contributed by atoms with Crippen molar-refractivity contribution in [3.63, 3.8) is 0 Å². The number of carbonyl (C=O) groups excluding carboxylic acids is 1. The molecule has 8 heteroatoms. The third-order valence-electron chi connectivity index (χ3n) is 4.36. The number of anilines is 1. The highest BCUT2D eigenvalue weighted by Crippen LogP contribution is 2.31. The third kappa shape index (κ3) is 2.93. The molecule has 2 N–H and O–H groups in total. The van der Waals surface area contributed by atoms with Crippen molar-refractivity contribution >= 4 is 28.7 Å². The Kier molecular flexibility index (Phi) is 4.04. The molecular formula is C17H19N5O2S. The van der Waals surface area contributed by atoms with Crippen LogP contribution < -0.4 is 10.5 Å². The maximum absolute atomic E-state index is 12.7. The fraction of sp³-hybridized carbons (Fsp3) is 0.353. The van der Waals surface area contributed by atoms with Gasteiger partial charge in [0.2, 0.25) is 0 Å². The maximum Gasteiger partial charge on any atom is 0.254 e. The van der Waals surface area contributed by atoms with Gasteiger partial charge in [-0.1, -0.05) is 11.3 Å². The van der Waals surface area contributed by atoms with Crippen molar-refractivity contribution in [2.45, 2.75) is 19.3 Å². The molecule has 0 spiro atoms. The van der Waals surface area contributed by atoms with Crippen molar-refractivity contribution in [1.29, 1.82) is 0 Å². The zero-order chi connectivity index (χ0) is 17.4. The molecule has 1 fully saturated rings. The van der Waals surface area contributed by atoms with E-state index >= 15 is 0 Å². The Morgan fingerprint density at radius 1 is 1.24 bits per heavy atom. The average molecular weight is 357 g/mol. The van der Waals surface area contributed by atoms with Crippen molar-refractivity contribution in [2.24, 2.45) is 0 Å².